The fourth-order valence-corrected chi connectivity index (χ4v) is 0.816. The summed E-state index contributed by atoms with van der Waals surface area (Å²) in [6.07, 6.45) is 0.182. The van der Waals surface area contributed by atoms with Crippen molar-refractivity contribution in [2.75, 3.05) is 20.6 Å². The molecule has 92 valence electrons. The first kappa shape index (κ1) is 14.2. The highest BCUT2D eigenvalue weighted by atomic mass is 16.4. The highest BCUT2D eigenvalue weighted by Gasteiger charge is 2.13. The number of carboxylic acid groups (broad SMARTS) is 1. The van der Waals surface area contributed by atoms with Crippen molar-refractivity contribution in [3.63, 3.8) is 0 Å². The molecule has 0 heterocycles. The molecule has 7 heteroatoms. The predicted octanol–water partition coefficient (Wildman–Crippen LogP) is -0.763. The Morgan fingerprint density at radius 3 is 2.31 bits per heavy atom. The standard InChI is InChI=1S/C9H17N3O4/c1-6(8(14)15)11-9(16)10-5-4-7(13)12(2)3/h6H,4-5H2,1-3H3,(H,14,15)(H2,10,11,16)/t6-/m1/s1. The number of carboxylic acids is 1. The molecule has 0 unspecified atom stereocenters. The fraction of sp³-hybridized carbons (Fsp3) is 0.667. The van der Waals surface area contributed by atoms with Gasteiger partial charge in [0.15, 0.2) is 0 Å². The Labute approximate surface area is 93.8 Å². The number of carbonyl (C=O) groups is 3. The molecule has 0 rings (SSSR count). The van der Waals surface area contributed by atoms with Crippen molar-refractivity contribution >= 4 is 17.9 Å². The molecule has 0 bridgehead atoms. The van der Waals surface area contributed by atoms with E-state index in [-0.39, 0.29) is 18.9 Å². The van der Waals surface area contributed by atoms with Crippen LogP contribution in [0.25, 0.3) is 0 Å². The molecule has 0 aliphatic heterocycles. The molecular weight excluding hydrogens is 214 g/mol. The number of nitrogens with one attached hydrogen (secondary N) is 2. The number of amides is 3. The number of carbonyl (C=O) groups excluding carboxylic acids is 2. The van der Waals surface area contributed by atoms with Gasteiger partial charge in [0.1, 0.15) is 6.04 Å². The Bertz CT molecular complexity index is 278. The van der Waals surface area contributed by atoms with Gasteiger partial charge in [-0.25, -0.2) is 4.79 Å². The number of aliphatic carboxylic acids is 1. The van der Waals surface area contributed by atoms with Crippen molar-refractivity contribution in [1.29, 1.82) is 0 Å². The van der Waals surface area contributed by atoms with E-state index in [0.29, 0.717) is 0 Å². The topological polar surface area (TPSA) is 98.7 Å². The van der Waals surface area contributed by atoms with Gasteiger partial charge < -0.3 is 20.6 Å². The minimum Gasteiger partial charge on any atom is -0.480 e. The first-order valence-electron chi connectivity index (χ1n) is 4.82. The summed E-state index contributed by atoms with van der Waals surface area (Å²) >= 11 is 0. The molecule has 0 aliphatic rings. The van der Waals surface area contributed by atoms with E-state index in [0.717, 1.165) is 0 Å². The van der Waals surface area contributed by atoms with E-state index in [2.05, 4.69) is 10.6 Å². The van der Waals surface area contributed by atoms with E-state index >= 15 is 0 Å². The maximum absolute atomic E-state index is 11.1. The normalized spacial score (nSPS) is 11.4. The third-order valence-electron chi connectivity index (χ3n) is 1.84. The number of rotatable bonds is 5. The van der Waals surface area contributed by atoms with E-state index in [4.69, 9.17) is 5.11 Å². The van der Waals surface area contributed by atoms with Crippen molar-refractivity contribution in [3.05, 3.63) is 0 Å². The van der Waals surface area contributed by atoms with Gasteiger partial charge in [0.25, 0.3) is 0 Å². The minimum atomic E-state index is -1.11. The van der Waals surface area contributed by atoms with E-state index in [1.165, 1.54) is 11.8 Å². The van der Waals surface area contributed by atoms with Crippen LogP contribution in [-0.4, -0.2) is 54.6 Å². The maximum Gasteiger partial charge on any atom is 0.325 e. The maximum atomic E-state index is 11.1. The molecule has 3 N–H and O–H groups in total. The highest BCUT2D eigenvalue weighted by Crippen LogP contribution is 1.85. The molecule has 0 saturated heterocycles. The average Bonchev–Trinajstić information content (AvgIpc) is 2.16. The zero-order valence-corrected chi connectivity index (χ0v) is 9.61. The largest absolute Gasteiger partial charge is 0.480 e. The number of nitrogens with zero attached hydrogens (tertiary/aromatic N) is 1. The Morgan fingerprint density at radius 1 is 1.31 bits per heavy atom. The summed E-state index contributed by atoms with van der Waals surface area (Å²) < 4.78 is 0. The van der Waals surface area contributed by atoms with Crippen LogP contribution < -0.4 is 10.6 Å². The van der Waals surface area contributed by atoms with Gasteiger partial charge in [-0.3, -0.25) is 9.59 Å². The Kier molecular flexibility index (Phi) is 5.91. The van der Waals surface area contributed by atoms with Crippen LogP contribution in [0.15, 0.2) is 0 Å². The molecule has 3 amide bonds. The van der Waals surface area contributed by atoms with Gasteiger partial charge >= 0.3 is 12.0 Å². The molecule has 0 radical (unpaired) electrons. The highest BCUT2D eigenvalue weighted by molar-refractivity contribution is 5.82. The first-order valence-corrected chi connectivity index (χ1v) is 4.82. The summed E-state index contributed by atoms with van der Waals surface area (Å²) in [7, 11) is 3.24. The van der Waals surface area contributed by atoms with Crippen molar-refractivity contribution in [3.8, 4) is 0 Å². The lowest BCUT2D eigenvalue weighted by molar-refractivity contribution is -0.138. The molecule has 0 aliphatic carbocycles. The number of hydrogen-bond donors (Lipinski definition) is 3. The molecule has 0 saturated carbocycles. The number of hydrogen-bond acceptors (Lipinski definition) is 3. The van der Waals surface area contributed by atoms with Gasteiger partial charge in [-0.05, 0) is 6.92 Å². The second kappa shape index (κ2) is 6.65. The monoisotopic (exact) mass is 231 g/mol. The van der Waals surface area contributed by atoms with Crippen LogP contribution >= 0.6 is 0 Å². The Balaban J connectivity index is 3.75. The number of urea groups is 1. The lowest BCUT2D eigenvalue weighted by Crippen LogP contribution is -2.45. The molecule has 0 aromatic carbocycles. The van der Waals surface area contributed by atoms with Crippen LogP contribution in [0.3, 0.4) is 0 Å². The van der Waals surface area contributed by atoms with Crippen LogP contribution in [0, 0.1) is 0 Å². The molecular formula is C9H17N3O4. The van der Waals surface area contributed by atoms with Crippen LogP contribution in [0.2, 0.25) is 0 Å². The van der Waals surface area contributed by atoms with Crippen LogP contribution in [-0.2, 0) is 9.59 Å². The summed E-state index contributed by atoms with van der Waals surface area (Å²) in [4.78, 5) is 34.0. The summed E-state index contributed by atoms with van der Waals surface area (Å²) in [5, 5.41) is 13.1. The smallest absolute Gasteiger partial charge is 0.325 e. The van der Waals surface area contributed by atoms with Crippen molar-refractivity contribution < 1.29 is 19.5 Å². The van der Waals surface area contributed by atoms with Crippen molar-refractivity contribution in [2.24, 2.45) is 0 Å². The Hall–Kier alpha value is -1.79. The lowest BCUT2D eigenvalue weighted by atomic mass is 10.3. The van der Waals surface area contributed by atoms with Gasteiger partial charge in [-0.1, -0.05) is 0 Å². The van der Waals surface area contributed by atoms with Gasteiger partial charge in [0.05, 0.1) is 0 Å². The van der Waals surface area contributed by atoms with Gasteiger partial charge in [0.2, 0.25) is 5.91 Å². The van der Waals surface area contributed by atoms with E-state index < -0.39 is 18.0 Å². The zero-order valence-electron chi connectivity index (χ0n) is 9.61. The molecule has 7 nitrogen and oxygen atoms in total. The van der Waals surface area contributed by atoms with Gasteiger partial charge in [-0.2, -0.15) is 0 Å². The summed E-state index contributed by atoms with van der Waals surface area (Å²) in [5.41, 5.74) is 0. The second-order valence-electron chi connectivity index (χ2n) is 3.50. The first-order chi connectivity index (χ1) is 7.34. The zero-order chi connectivity index (χ0) is 12.7. The average molecular weight is 231 g/mol. The molecule has 16 heavy (non-hydrogen) atoms. The third-order valence-corrected chi connectivity index (χ3v) is 1.84. The minimum absolute atomic E-state index is 0.105. The quantitative estimate of drug-likeness (QED) is 0.579. The van der Waals surface area contributed by atoms with Gasteiger partial charge in [-0.15, -0.1) is 0 Å². The van der Waals surface area contributed by atoms with Crippen LogP contribution in [0.1, 0.15) is 13.3 Å². The summed E-state index contributed by atoms with van der Waals surface area (Å²) in [6, 6.07) is -1.55. The van der Waals surface area contributed by atoms with Crippen LogP contribution in [0.4, 0.5) is 4.79 Å². The lowest BCUT2D eigenvalue weighted by Gasteiger charge is -2.12. The second-order valence-corrected chi connectivity index (χ2v) is 3.50. The van der Waals surface area contributed by atoms with Crippen LogP contribution in [0.5, 0.6) is 0 Å². The third kappa shape index (κ3) is 5.84. The summed E-state index contributed by atoms with van der Waals surface area (Å²) in [5.74, 6) is -1.22. The molecule has 0 aromatic heterocycles. The molecule has 0 spiro atoms. The fourth-order valence-electron chi connectivity index (χ4n) is 0.816. The molecule has 0 fully saturated rings. The van der Waals surface area contributed by atoms with E-state index in [1.807, 2.05) is 0 Å². The van der Waals surface area contributed by atoms with Gasteiger partial charge in [0, 0.05) is 27.1 Å². The predicted molar refractivity (Wildman–Crippen MR) is 56.9 cm³/mol. The van der Waals surface area contributed by atoms with E-state index in [1.54, 1.807) is 14.1 Å². The van der Waals surface area contributed by atoms with Crippen molar-refractivity contribution in [1.82, 2.24) is 15.5 Å². The molecule has 1 atom stereocenters. The summed E-state index contributed by atoms with van der Waals surface area (Å²) in [6.45, 7) is 1.53. The Morgan fingerprint density at radius 2 is 1.88 bits per heavy atom. The molecule has 0 aromatic rings. The van der Waals surface area contributed by atoms with E-state index in [9.17, 15) is 14.4 Å². The van der Waals surface area contributed by atoms with Crippen molar-refractivity contribution in [2.45, 2.75) is 19.4 Å². The SMILES string of the molecule is C[C@@H](NC(=O)NCCC(=O)N(C)C)C(=O)O.